The van der Waals surface area contributed by atoms with E-state index in [2.05, 4.69) is 99.6 Å². The molecule has 0 fully saturated rings. The molecule has 3 rings (SSSR count). The highest BCUT2D eigenvalue weighted by molar-refractivity contribution is 6.88. The molecule has 0 N–H and O–H groups in total. The predicted octanol–water partition coefficient (Wildman–Crippen LogP) is 6.02. The molecule has 1 atom stereocenters. The molecule has 0 heterocycles. The van der Waals surface area contributed by atoms with Gasteiger partial charge in [0.15, 0.2) is 0 Å². The van der Waals surface area contributed by atoms with Crippen molar-refractivity contribution in [2.75, 3.05) is 0 Å². The lowest BCUT2D eigenvalue weighted by molar-refractivity contribution is 0.824. The molecule has 0 saturated carbocycles. The monoisotopic (exact) mass is 388 g/mol. The second kappa shape index (κ2) is 7.19. The minimum Gasteiger partial charge on any atom is -0.0624 e. The molecule has 0 amide bonds. The predicted molar refractivity (Wildman–Crippen MR) is 128 cm³/mol. The topological polar surface area (TPSA) is 0 Å². The summed E-state index contributed by atoms with van der Waals surface area (Å²) < 4.78 is 0. The van der Waals surface area contributed by atoms with E-state index < -0.39 is 8.80 Å². The molecule has 148 valence electrons. The van der Waals surface area contributed by atoms with E-state index in [4.69, 9.17) is 0 Å². The molecule has 0 radical (unpaired) electrons. The summed E-state index contributed by atoms with van der Waals surface area (Å²) >= 11 is 0. The highest BCUT2D eigenvalue weighted by Gasteiger charge is 2.45. The first kappa shape index (κ1) is 20.9. The Kier molecular flexibility index (Phi) is 5.36. The van der Waals surface area contributed by atoms with Gasteiger partial charge in [0.05, 0.1) is 0 Å². The second-order valence-electron chi connectivity index (χ2n) is 9.34. The third-order valence-electron chi connectivity index (χ3n) is 7.68. The fourth-order valence-corrected chi connectivity index (χ4v) is 10.0. The zero-order chi connectivity index (χ0) is 21.0. The summed E-state index contributed by atoms with van der Waals surface area (Å²) in [5.74, 6) is 0. The maximum absolute atomic E-state index is 2.52. The van der Waals surface area contributed by atoms with Crippen molar-refractivity contribution in [3.63, 3.8) is 0 Å². The molecule has 0 nitrogen and oxygen atoms in total. The maximum Gasteiger partial charge on any atom is 0.116 e. The van der Waals surface area contributed by atoms with Crippen LogP contribution < -0.4 is 10.4 Å². The summed E-state index contributed by atoms with van der Waals surface area (Å²) in [5.41, 5.74) is 13.2. The van der Waals surface area contributed by atoms with Gasteiger partial charge in [-0.05, 0) is 90.2 Å². The first-order valence-corrected chi connectivity index (χ1v) is 12.2. The first-order chi connectivity index (χ1) is 13.0. The molecule has 2 aromatic rings. The van der Waals surface area contributed by atoms with Gasteiger partial charge in [0, 0.05) is 5.04 Å². The summed E-state index contributed by atoms with van der Waals surface area (Å²) in [5, 5.41) is 3.29. The minimum atomic E-state index is -1.56. The molecule has 0 bridgehead atoms. The maximum atomic E-state index is 2.52. The van der Waals surface area contributed by atoms with Gasteiger partial charge >= 0.3 is 0 Å². The Hall–Kier alpha value is -1.86. The number of benzene rings is 2. The van der Waals surface area contributed by atoms with Crippen LogP contribution in [0.3, 0.4) is 0 Å². The Balaban J connectivity index is 2.37. The molecule has 1 heteroatoms. The van der Waals surface area contributed by atoms with E-state index in [-0.39, 0.29) is 5.04 Å². The second-order valence-corrected chi connectivity index (χ2v) is 12.7. The lowest BCUT2D eigenvalue weighted by atomic mass is 9.98. The normalized spacial score (nSPS) is 17.5. The molecule has 1 aliphatic rings. The Morgan fingerprint density at radius 1 is 0.571 bits per heavy atom. The highest BCUT2D eigenvalue weighted by Crippen LogP contribution is 2.53. The van der Waals surface area contributed by atoms with Gasteiger partial charge in [-0.1, -0.05) is 69.9 Å². The quantitative estimate of drug-likeness (QED) is 0.564. The molecule has 2 aromatic carbocycles. The van der Waals surface area contributed by atoms with Crippen molar-refractivity contribution in [1.82, 2.24) is 0 Å². The average molecular weight is 389 g/mol. The van der Waals surface area contributed by atoms with Gasteiger partial charge in [-0.2, -0.15) is 0 Å². The zero-order valence-corrected chi connectivity index (χ0v) is 20.6. The lowest BCUT2D eigenvalue weighted by Gasteiger charge is -2.38. The Morgan fingerprint density at radius 3 is 1.39 bits per heavy atom. The minimum absolute atomic E-state index is 0.141. The Bertz CT molecular complexity index is 949. The standard InChI is InChI=1S/C27H36Si/c1-16-11-17(2)13-25(12-16)28(26-14-18(3)20(5)19(4)15-26)27(10)23(8)21(6)22(7)24(27)9/h11-15,28H,1-10H3. The van der Waals surface area contributed by atoms with E-state index >= 15 is 0 Å². The van der Waals surface area contributed by atoms with Gasteiger partial charge in [-0.25, -0.2) is 0 Å². The van der Waals surface area contributed by atoms with Crippen molar-refractivity contribution in [1.29, 1.82) is 0 Å². The summed E-state index contributed by atoms with van der Waals surface area (Å²) in [4.78, 5) is 0. The van der Waals surface area contributed by atoms with Crippen LogP contribution >= 0.6 is 0 Å². The molecule has 0 aliphatic heterocycles. The van der Waals surface area contributed by atoms with Gasteiger partial charge < -0.3 is 0 Å². The SMILES string of the molecule is CC1=C(C)C(C)([SiH](c2cc(C)cc(C)c2)c2cc(C)c(C)c(C)c2)C(C)=C1C. The number of aryl methyl sites for hydroxylation is 4. The van der Waals surface area contributed by atoms with Gasteiger partial charge in [-0.3, -0.25) is 0 Å². The number of hydrogen-bond donors (Lipinski definition) is 0. The molecular weight excluding hydrogens is 352 g/mol. The smallest absolute Gasteiger partial charge is 0.0624 e. The van der Waals surface area contributed by atoms with Crippen LogP contribution in [0.1, 0.15) is 62.4 Å². The first-order valence-electron chi connectivity index (χ1n) is 10.5. The van der Waals surface area contributed by atoms with Crippen LogP contribution in [0, 0.1) is 34.6 Å². The summed E-state index contributed by atoms with van der Waals surface area (Å²) in [6.45, 7) is 23.2. The van der Waals surface area contributed by atoms with Crippen LogP contribution in [0.4, 0.5) is 0 Å². The third-order valence-corrected chi connectivity index (χ3v) is 11.7. The Labute approximate surface area is 174 Å². The summed E-state index contributed by atoms with van der Waals surface area (Å²) in [6.07, 6.45) is 0. The van der Waals surface area contributed by atoms with E-state index in [0.29, 0.717) is 0 Å². The number of rotatable bonds is 3. The van der Waals surface area contributed by atoms with Gasteiger partial charge in [0.1, 0.15) is 8.80 Å². The fraction of sp³-hybridized carbons (Fsp3) is 0.407. The molecular formula is C27H36Si. The van der Waals surface area contributed by atoms with Crippen molar-refractivity contribution in [3.8, 4) is 0 Å². The third kappa shape index (κ3) is 3.14. The van der Waals surface area contributed by atoms with Crippen LogP contribution in [0.25, 0.3) is 0 Å². The van der Waals surface area contributed by atoms with Gasteiger partial charge in [-0.15, -0.1) is 0 Å². The van der Waals surface area contributed by atoms with E-state index in [0.717, 1.165) is 0 Å². The summed E-state index contributed by atoms with van der Waals surface area (Å²) in [7, 11) is -1.56. The van der Waals surface area contributed by atoms with Gasteiger partial charge in [0.25, 0.3) is 0 Å². The molecule has 0 saturated heterocycles. The van der Waals surface area contributed by atoms with Crippen LogP contribution in [-0.4, -0.2) is 8.80 Å². The van der Waals surface area contributed by atoms with E-state index in [1.807, 2.05) is 0 Å². The van der Waals surface area contributed by atoms with Gasteiger partial charge in [0.2, 0.25) is 0 Å². The van der Waals surface area contributed by atoms with E-state index in [1.54, 1.807) is 21.5 Å². The lowest BCUT2D eigenvalue weighted by Crippen LogP contribution is -2.52. The van der Waals surface area contributed by atoms with Crippen LogP contribution in [-0.2, 0) is 0 Å². The Morgan fingerprint density at radius 2 is 0.964 bits per heavy atom. The van der Waals surface area contributed by atoms with Crippen molar-refractivity contribution < 1.29 is 0 Å². The molecule has 0 aromatic heterocycles. The highest BCUT2D eigenvalue weighted by atomic mass is 28.3. The summed E-state index contributed by atoms with van der Waals surface area (Å²) in [6, 6.07) is 12.2. The molecule has 1 unspecified atom stereocenters. The number of hydrogen-bond acceptors (Lipinski definition) is 0. The molecule has 1 aliphatic carbocycles. The van der Waals surface area contributed by atoms with Crippen LogP contribution in [0.5, 0.6) is 0 Å². The van der Waals surface area contributed by atoms with Crippen molar-refractivity contribution >= 4 is 19.2 Å². The average Bonchev–Trinajstić information content (AvgIpc) is 2.75. The molecule has 28 heavy (non-hydrogen) atoms. The van der Waals surface area contributed by atoms with Crippen molar-refractivity contribution in [2.24, 2.45) is 0 Å². The molecule has 0 spiro atoms. The number of allylic oxidation sites excluding steroid dienone is 4. The van der Waals surface area contributed by atoms with Crippen molar-refractivity contribution in [2.45, 2.75) is 74.3 Å². The van der Waals surface area contributed by atoms with E-state index in [1.165, 1.54) is 39.0 Å². The van der Waals surface area contributed by atoms with Crippen LogP contribution in [0.2, 0.25) is 5.04 Å². The van der Waals surface area contributed by atoms with Crippen LogP contribution in [0.15, 0.2) is 52.6 Å². The van der Waals surface area contributed by atoms with Crippen molar-refractivity contribution in [3.05, 3.63) is 80.4 Å². The zero-order valence-electron chi connectivity index (χ0n) is 19.5. The van der Waals surface area contributed by atoms with E-state index in [9.17, 15) is 0 Å². The fourth-order valence-electron chi connectivity index (χ4n) is 5.33. The largest absolute Gasteiger partial charge is 0.116 e.